The van der Waals surface area contributed by atoms with Crippen molar-refractivity contribution >= 4 is 23.6 Å². The Bertz CT molecular complexity index is 964. The fraction of sp³-hybridized carbons (Fsp3) is 0.565. The SMILES string of the molecule is O=C(c1ccc2c(c1)C(=O)N(C1CCCCC1)C2=O)N1CCC(CNC(=O)C(F)(F)F)CC1. The lowest BCUT2D eigenvalue weighted by Crippen LogP contribution is -2.44. The number of benzene rings is 1. The molecule has 33 heavy (non-hydrogen) atoms. The van der Waals surface area contributed by atoms with E-state index < -0.39 is 12.1 Å². The largest absolute Gasteiger partial charge is 0.471 e. The van der Waals surface area contributed by atoms with Crippen molar-refractivity contribution in [2.24, 2.45) is 5.92 Å². The Morgan fingerprint density at radius 1 is 0.939 bits per heavy atom. The average Bonchev–Trinajstić information content (AvgIpc) is 3.06. The van der Waals surface area contributed by atoms with Crippen molar-refractivity contribution in [2.45, 2.75) is 57.2 Å². The van der Waals surface area contributed by atoms with Crippen molar-refractivity contribution in [3.63, 3.8) is 0 Å². The van der Waals surface area contributed by atoms with E-state index in [1.807, 2.05) is 5.32 Å². The molecule has 3 aliphatic rings. The Hall–Kier alpha value is -2.91. The molecule has 7 nitrogen and oxygen atoms in total. The topological polar surface area (TPSA) is 86.8 Å². The van der Waals surface area contributed by atoms with Crippen molar-refractivity contribution in [3.05, 3.63) is 34.9 Å². The average molecular weight is 465 g/mol. The van der Waals surface area contributed by atoms with Gasteiger partial charge in [0, 0.05) is 31.2 Å². The number of imide groups is 1. The maximum atomic E-state index is 13.0. The summed E-state index contributed by atoms with van der Waals surface area (Å²) in [5, 5.41) is 1.89. The molecule has 0 unspecified atom stereocenters. The van der Waals surface area contributed by atoms with Gasteiger partial charge in [-0.15, -0.1) is 0 Å². The normalized spacial score (nSPS) is 20.2. The number of hydrogen-bond acceptors (Lipinski definition) is 4. The molecule has 1 aliphatic carbocycles. The molecule has 10 heteroatoms. The summed E-state index contributed by atoms with van der Waals surface area (Å²) < 4.78 is 37.0. The Balaban J connectivity index is 1.37. The number of hydrogen-bond donors (Lipinski definition) is 1. The van der Waals surface area contributed by atoms with Gasteiger partial charge >= 0.3 is 12.1 Å². The van der Waals surface area contributed by atoms with E-state index in [4.69, 9.17) is 0 Å². The number of rotatable bonds is 4. The van der Waals surface area contributed by atoms with Crippen LogP contribution < -0.4 is 5.32 Å². The molecule has 1 aromatic rings. The van der Waals surface area contributed by atoms with E-state index in [1.54, 1.807) is 11.0 Å². The van der Waals surface area contributed by atoms with Crippen LogP contribution in [0.25, 0.3) is 0 Å². The molecule has 1 saturated heterocycles. The van der Waals surface area contributed by atoms with Crippen LogP contribution in [-0.2, 0) is 4.79 Å². The molecule has 1 saturated carbocycles. The zero-order valence-corrected chi connectivity index (χ0v) is 18.1. The monoisotopic (exact) mass is 465 g/mol. The van der Waals surface area contributed by atoms with Gasteiger partial charge in [0.05, 0.1) is 11.1 Å². The molecule has 0 bridgehead atoms. The molecular formula is C23H26F3N3O4. The number of likely N-dealkylation sites (tertiary alicyclic amines) is 1. The number of nitrogens with one attached hydrogen (secondary N) is 1. The number of nitrogens with zero attached hydrogens (tertiary/aromatic N) is 2. The zero-order chi connectivity index (χ0) is 23.8. The summed E-state index contributed by atoms with van der Waals surface area (Å²) in [6.07, 6.45) is 0.684. The molecule has 2 heterocycles. The predicted octanol–water partition coefficient (Wildman–Crippen LogP) is 3.15. The molecule has 178 valence electrons. The van der Waals surface area contributed by atoms with E-state index >= 15 is 0 Å². The fourth-order valence-electron chi connectivity index (χ4n) is 4.92. The smallest absolute Gasteiger partial charge is 0.348 e. The van der Waals surface area contributed by atoms with E-state index in [-0.39, 0.29) is 41.8 Å². The summed E-state index contributed by atoms with van der Waals surface area (Å²) in [7, 11) is 0. The van der Waals surface area contributed by atoms with Gasteiger partial charge in [-0.3, -0.25) is 24.1 Å². The van der Waals surface area contributed by atoms with Crippen molar-refractivity contribution in [3.8, 4) is 0 Å². The summed E-state index contributed by atoms with van der Waals surface area (Å²) in [6, 6.07) is 4.47. The minimum Gasteiger partial charge on any atom is -0.348 e. The highest BCUT2D eigenvalue weighted by Gasteiger charge is 2.41. The van der Waals surface area contributed by atoms with Crippen molar-refractivity contribution in [2.75, 3.05) is 19.6 Å². The van der Waals surface area contributed by atoms with Crippen molar-refractivity contribution in [1.82, 2.24) is 15.1 Å². The molecule has 4 amide bonds. The van der Waals surface area contributed by atoms with Gasteiger partial charge in [0.2, 0.25) is 0 Å². The highest BCUT2D eigenvalue weighted by molar-refractivity contribution is 6.22. The number of piperidine rings is 1. The Labute approximate surface area is 189 Å². The van der Waals surface area contributed by atoms with Gasteiger partial charge in [-0.2, -0.15) is 13.2 Å². The van der Waals surface area contributed by atoms with Gasteiger partial charge < -0.3 is 10.2 Å². The fourth-order valence-corrected chi connectivity index (χ4v) is 4.92. The van der Waals surface area contributed by atoms with Crippen LogP contribution >= 0.6 is 0 Å². The van der Waals surface area contributed by atoms with Crippen LogP contribution in [0.2, 0.25) is 0 Å². The molecule has 4 rings (SSSR count). The van der Waals surface area contributed by atoms with Crippen LogP contribution in [0, 0.1) is 5.92 Å². The quantitative estimate of drug-likeness (QED) is 0.693. The predicted molar refractivity (Wildman–Crippen MR) is 112 cm³/mol. The summed E-state index contributed by atoms with van der Waals surface area (Å²) in [4.78, 5) is 52.7. The van der Waals surface area contributed by atoms with Crippen LogP contribution in [0.15, 0.2) is 18.2 Å². The molecule has 2 fully saturated rings. The second-order valence-corrected chi connectivity index (χ2v) is 8.98. The highest BCUT2D eigenvalue weighted by atomic mass is 19.4. The van der Waals surface area contributed by atoms with Crippen LogP contribution in [0.1, 0.15) is 76.0 Å². The number of carbonyl (C=O) groups excluding carboxylic acids is 4. The number of amides is 4. The Kier molecular flexibility index (Phi) is 6.45. The van der Waals surface area contributed by atoms with Crippen LogP contribution in [0.5, 0.6) is 0 Å². The molecule has 0 spiro atoms. The molecule has 2 aliphatic heterocycles. The third kappa shape index (κ3) is 4.74. The minimum absolute atomic E-state index is 0.0904. The lowest BCUT2D eigenvalue weighted by molar-refractivity contribution is -0.173. The Morgan fingerprint density at radius 3 is 2.21 bits per heavy atom. The second-order valence-electron chi connectivity index (χ2n) is 8.98. The minimum atomic E-state index is -4.91. The first-order chi connectivity index (χ1) is 15.7. The summed E-state index contributed by atoms with van der Waals surface area (Å²) in [5.74, 6) is -3.05. The van der Waals surface area contributed by atoms with E-state index in [9.17, 15) is 32.3 Å². The molecule has 1 N–H and O–H groups in total. The summed E-state index contributed by atoms with van der Waals surface area (Å²) >= 11 is 0. The van der Waals surface area contributed by atoms with E-state index in [2.05, 4.69) is 0 Å². The summed E-state index contributed by atoms with van der Waals surface area (Å²) in [6.45, 7) is 0.583. The lowest BCUT2D eigenvalue weighted by atomic mass is 9.94. The first-order valence-corrected chi connectivity index (χ1v) is 11.3. The molecule has 0 aromatic heterocycles. The van der Waals surface area contributed by atoms with Gasteiger partial charge in [0.1, 0.15) is 0 Å². The van der Waals surface area contributed by atoms with Crippen LogP contribution in [0.4, 0.5) is 13.2 Å². The molecule has 0 atom stereocenters. The number of halogens is 3. The highest BCUT2D eigenvalue weighted by Crippen LogP contribution is 2.32. The van der Waals surface area contributed by atoms with E-state index in [1.165, 1.54) is 17.0 Å². The van der Waals surface area contributed by atoms with Crippen LogP contribution in [-0.4, -0.2) is 65.3 Å². The van der Waals surface area contributed by atoms with Crippen molar-refractivity contribution in [1.29, 1.82) is 0 Å². The van der Waals surface area contributed by atoms with Gasteiger partial charge in [0.15, 0.2) is 0 Å². The third-order valence-corrected chi connectivity index (χ3v) is 6.82. The first kappa shape index (κ1) is 23.3. The van der Waals surface area contributed by atoms with Gasteiger partial charge in [-0.05, 0) is 49.8 Å². The van der Waals surface area contributed by atoms with E-state index in [0.717, 1.165) is 32.1 Å². The summed E-state index contributed by atoms with van der Waals surface area (Å²) in [5.41, 5.74) is 0.881. The second kappa shape index (κ2) is 9.15. The van der Waals surface area contributed by atoms with Gasteiger partial charge in [0.25, 0.3) is 17.7 Å². The molecular weight excluding hydrogens is 439 g/mol. The maximum Gasteiger partial charge on any atom is 0.471 e. The number of carbonyl (C=O) groups is 4. The molecule has 1 aromatic carbocycles. The molecule has 0 radical (unpaired) electrons. The maximum absolute atomic E-state index is 13.0. The third-order valence-electron chi connectivity index (χ3n) is 6.82. The first-order valence-electron chi connectivity index (χ1n) is 11.3. The van der Waals surface area contributed by atoms with Gasteiger partial charge in [-0.1, -0.05) is 19.3 Å². The number of alkyl halides is 3. The van der Waals surface area contributed by atoms with Gasteiger partial charge in [-0.25, -0.2) is 0 Å². The van der Waals surface area contributed by atoms with Crippen molar-refractivity contribution < 1.29 is 32.3 Å². The Morgan fingerprint density at radius 2 is 1.58 bits per heavy atom. The van der Waals surface area contributed by atoms with E-state index in [0.29, 0.717) is 37.1 Å². The number of fused-ring (bicyclic) bond motifs is 1. The lowest BCUT2D eigenvalue weighted by Gasteiger charge is -2.32. The standard InChI is InChI=1S/C23H26F3N3O4/c24-23(25,26)22(33)27-13-14-8-10-28(11-9-14)19(30)15-6-7-17-18(12-15)21(32)29(20(17)31)16-4-2-1-3-5-16/h6-7,12,14,16H,1-5,8-11,13H2,(H,27,33). The zero-order valence-electron chi connectivity index (χ0n) is 18.1. The van der Waals surface area contributed by atoms with Crippen LogP contribution in [0.3, 0.4) is 0 Å².